The molecule has 4 heterocycles. The van der Waals surface area contributed by atoms with Crippen LogP contribution in [-0.4, -0.2) is 73.7 Å². The van der Waals surface area contributed by atoms with E-state index in [1.54, 1.807) is 24.5 Å². The topological polar surface area (TPSA) is 108 Å². The molecule has 32 heavy (non-hydrogen) atoms. The summed E-state index contributed by atoms with van der Waals surface area (Å²) in [5.74, 6) is 2.07. The van der Waals surface area contributed by atoms with E-state index >= 15 is 0 Å². The first-order valence-corrected chi connectivity index (χ1v) is 10.9. The van der Waals surface area contributed by atoms with E-state index in [2.05, 4.69) is 21.1 Å². The molecular formula is C22H27N5O5. The molecule has 2 atom stereocenters. The maximum atomic E-state index is 12.9. The van der Waals surface area contributed by atoms with E-state index in [0.29, 0.717) is 43.1 Å². The van der Waals surface area contributed by atoms with Gasteiger partial charge in [-0.15, -0.1) is 0 Å². The van der Waals surface area contributed by atoms with Crippen LogP contribution in [0.1, 0.15) is 28.6 Å². The molecule has 3 N–H and O–H groups in total. The molecule has 2 amide bonds. The Labute approximate surface area is 185 Å². The number of ether oxygens (including phenoxy) is 2. The zero-order valence-electron chi connectivity index (χ0n) is 17.7. The quantitative estimate of drug-likeness (QED) is 0.595. The van der Waals surface area contributed by atoms with Crippen molar-refractivity contribution in [2.24, 2.45) is 0 Å². The van der Waals surface area contributed by atoms with Gasteiger partial charge in [-0.05, 0) is 36.8 Å². The fourth-order valence-electron chi connectivity index (χ4n) is 4.27. The number of hydrazine groups is 1. The van der Waals surface area contributed by atoms with Crippen LogP contribution in [0.4, 0.5) is 0 Å². The van der Waals surface area contributed by atoms with Gasteiger partial charge in [0, 0.05) is 44.8 Å². The average molecular weight is 441 g/mol. The number of furan rings is 1. The molecule has 3 aliphatic heterocycles. The number of nitrogens with one attached hydrogen (secondary N) is 3. The molecule has 10 heteroatoms. The van der Waals surface area contributed by atoms with Crippen LogP contribution < -0.4 is 25.6 Å². The first-order valence-electron chi connectivity index (χ1n) is 10.9. The number of carbonyl (C=O) groups is 2. The Morgan fingerprint density at radius 3 is 2.72 bits per heavy atom. The Hall–Kier alpha value is -3.08. The molecule has 0 radical (unpaired) electrons. The summed E-state index contributed by atoms with van der Waals surface area (Å²) in [5.41, 5.74) is 6.80. The van der Waals surface area contributed by atoms with Crippen molar-refractivity contribution in [3.63, 3.8) is 0 Å². The van der Waals surface area contributed by atoms with Crippen molar-refractivity contribution in [2.45, 2.75) is 18.5 Å². The highest BCUT2D eigenvalue weighted by atomic mass is 16.7. The third-order valence-corrected chi connectivity index (χ3v) is 6.12. The van der Waals surface area contributed by atoms with Gasteiger partial charge in [0.2, 0.25) is 12.7 Å². The molecule has 10 nitrogen and oxygen atoms in total. The molecule has 2 aromatic rings. The Bertz CT molecular complexity index is 958. The lowest BCUT2D eigenvalue weighted by Gasteiger charge is -2.35. The fourth-order valence-corrected chi connectivity index (χ4v) is 4.27. The van der Waals surface area contributed by atoms with E-state index in [-0.39, 0.29) is 30.7 Å². The molecule has 3 aliphatic rings. The van der Waals surface area contributed by atoms with Crippen LogP contribution in [0.25, 0.3) is 0 Å². The van der Waals surface area contributed by atoms with E-state index in [1.807, 2.05) is 17.0 Å². The summed E-state index contributed by atoms with van der Waals surface area (Å²) < 4.78 is 16.0. The normalized spacial score (nSPS) is 22.8. The summed E-state index contributed by atoms with van der Waals surface area (Å²) in [4.78, 5) is 29.4. The van der Waals surface area contributed by atoms with Crippen LogP contribution >= 0.6 is 0 Å². The van der Waals surface area contributed by atoms with Crippen LogP contribution in [0.3, 0.4) is 0 Å². The molecule has 5 rings (SSSR count). The molecule has 0 spiro atoms. The predicted octanol–water partition coefficient (Wildman–Crippen LogP) is 0.490. The second kappa shape index (κ2) is 9.19. The van der Waals surface area contributed by atoms with Crippen molar-refractivity contribution in [1.82, 2.24) is 26.0 Å². The minimum absolute atomic E-state index is 0.00797. The summed E-state index contributed by atoms with van der Waals surface area (Å²) in [6, 6.07) is 8.70. The monoisotopic (exact) mass is 441 g/mol. The zero-order valence-corrected chi connectivity index (χ0v) is 17.7. The third kappa shape index (κ3) is 4.43. The number of hydrogen-bond donors (Lipinski definition) is 3. The van der Waals surface area contributed by atoms with Crippen molar-refractivity contribution in [3.05, 3.63) is 47.9 Å². The van der Waals surface area contributed by atoms with Crippen LogP contribution in [0, 0.1) is 0 Å². The molecule has 2 saturated heterocycles. The number of fused-ring (bicyclic) bond motifs is 1. The average Bonchev–Trinajstić information content (AvgIpc) is 3.59. The Kier molecular flexibility index (Phi) is 5.97. The van der Waals surface area contributed by atoms with Gasteiger partial charge < -0.3 is 24.1 Å². The van der Waals surface area contributed by atoms with Gasteiger partial charge in [0.25, 0.3) is 5.91 Å². The van der Waals surface area contributed by atoms with Crippen LogP contribution in [0.15, 0.2) is 41.0 Å². The van der Waals surface area contributed by atoms with Crippen molar-refractivity contribution in [1.29, 1.82) is 0 Å². The van der Waals surface area contributed by atoms with Crippen molar-refractivity contribution in [3.8, 4) is 11.5 Å². The Morgan fingerprint density at radius 1 is 1.06 bits per heavy atom. The van der Waals surface area contributed by atoms with Crippen molar-refractivity contribution < 1.29 is 23.5 Å². The molecular weight excluding hydrogens is 414 g/mol. The zero-order chi connectivity index (χ0) is 21.9. The number of carbonyl (C=O) groups excluding carboxylic acids is 2. The lowest BCUT2D eigenvalue weighted by molar-refractivity contribution is -0.134. The second-order valence-corrected chi connectivity index (χ2v) is 8.14. The van der Waals surface area contributed by atoms with Gasteiger partial charge in [0.15, 0.2) is 11.5 Å². The van der Waals surface area contributed by atoms with Crippen molar-refractivity contribution >= 4 is 11.8 Å². The Morgan fingerprint density at radius 2 is 1.91 bits per heavy atom. The summed E-state index contributed by atoms with van der Waals surface area (Å²) >= 11 is 0. The van der Waals surface area contributed by atoms with E-state index in [9.17, 15) is 9.59 Å². The molecule has 1 aromatic carbocycles. The van der Waals surface area contributed by atoms with Gasteiger partial charge in [-0.25, -0.2) is 10.9 Å². The van der Waals surface area contributed by atoms with Gasteiger partial charge in [-0.2, -0.15) is 0 Å². The van der Waals surface area contributed by atoms with Crippen LogP contribution in [0.2, 0.25) is 0 Å². The minimum Gasteiger partial charge on any atom is -0.468 e. The Balaban J connectivity index is 1.03. The van der Waals surface area contributed by atoms with E-state index in [1.165, 1.54) is 0 Å². The maximum absolute atomic E-state index is 12.9. The van der Waals surface area contributed by atoms with E-state index < -0.39 is 0 Å². The first kappa shape index (κ1) is 20.8. The lowest BCUT2D eigenvalue weighted by Crippen LogP contribution is -2.54. The minimum atomic E-state index is -0.252. The van der Waals surface area contributed by atoms with Gasteiger partial charge in [0.1, 0.15) is 11.8 Å². The number of nitrogens with zero attached hydrogens (tertiary/aromatic N) is 2. The molecule has 0 aliphatic carbocycles. The highest BCUT2D eigenvalue weighted by Gasteiger charge is 2.35. The number of rotatable bonds is 6. The molecule has 1 aromatic heterocycles. The van der Waals surface area contributed by atoms with Gasteiger partial charge in [0.05, 0.1) is 12.3 Å². The fraction of sp³-hybridized carbons (Fsp3) is 0.455. The third-order valence-electron chi connectivity index (χ3n) is 6.12. The van der Waals surface area contributed by atoms with Crippen molar-refractivity contribution in [2.75, 3.05) is 46.1 Å². The highest BCUT2D eigenvalue weighted by molar-refractivity contribution is 5.94. The molecule has 2 unspecified atom stereocenters. The summed E-state index contributed by atoms with van der Waals surface area (Å²) in [6.45, 7) is 4.40. The predicted molar refractivity (Wildman–Crippen MR) is 114 cm³/mol. The lowest BCUT2D eigenvalue weighted by atomic mass is 10.1. The van der Waals surface area contributed by atoms with E-state index in [0.717, 1.165) is 25.4 Å². The van der Waals surface area contributed by atoms with Gasteiger partial charge >= 0.3 is 0 Å². The van der Waals surface area contributed by atoms with E-state index in [4.69, 9.17) is 13.9 Å². The SMILES string of the molecule is O=C(NCCN1CCN(C(=O)C2CC(c3ccco3)NN2)CC1)c1ccc2c(c1)OCO2. The number of piperazine rings is 1. The number of amides is 2. The summed E-state index contributed by atoms with van der Waals surface area (Å²) in [7, 11) is 0. The standard InChI is InChI=1S/C22H27N5O5/c28-21(15-3-4-19-20(12-15)32-14-31-19)23-5-6-26-7-9-27(10-8-26)22(29)17-13-16(24-25-17)18-2-1-11-30-18/h1-4,11-12,16-17,24-25H,5-10,13-14H2,(H,23,28). The smallest absolute Gasteiger partial charge is 0.251 e. The maximum Gasteiger partial charge on any atom is 0.251 e. The van der Waals surface area contributed by atoms with Crippen LogP contribution in [-0.2, 0) is 4.79 Å². The molecule has 170 valence electrons. The van der Waals surface area contributed by atoms with Crippen LogP contribution in [0.5, 0.6) is 11.5 Å². The van der Waals surface area contributed by atoms with Gasteiger partial charge in [-0.3, -0.25) is 14.5 Å². The number of hydrogen-bond acceptors (Lipinski definition) is 8. The molecule has 2 fully saturated rings. The number of benzene rings is 1. The highest BCUT2D eigenvalue weighted by Crippen LogP contribution is 2.32. The molecule has 0 bridgehead atoms. The summed E-state index contributed by atoms with van der Waals surface area (Å²) in [5, 5.41) is 2.95. The van der Waals surface area contributed by atoms with Gasteiger partial charge in [-0.1, -0.05) is 0 Å². The first-order chi connectivity index (χ1) is 15.7. The molecule has 0 saturated carbocycles. The largest absolute Gasteiger partial charge is 0.468 e. The second-order valence-electron chi connectivity index (χ2n) is 8.14. The summed E-state index contributed by atoms with van der Waals surface area (Å²) in [6.07, 6.45) is 2.31.